The number of amides is 1. The van der Waals surface area contributed by atoms with E-state index in [0.29, 0.717) is 16.4 Å². The second-order valence-corrected chi connectivity index (χ2v) is 8.43. The molecule has 1 saturated heterocycles. The Morgan fingerprint density at radius 2 is 2.00 bits per heavy atom. The van der Waals surface area contributed by atoms with Crippen molar-refractivity contribution in [2.75, 3.05) is 20.7 Å². The zero-order chi connectivity index (χ0) is 19.7. The summed E-state index contributed by atoms with van der Waals surface area (Å²) in [4.78, 5) is 30.6. The molecule has 3 rings (SSSR count). The zero-order valence-corrected chi connectivity index (χ0v) is 17.3. The molecule has 27 heavy (non-hydrogen) atoms. The van der Waals surface area contributed by atoms with Crippen molar-refractivity contribution in [1.82, 2.24) is 9.88 Å². The molecule has 2 unspecified atom stereocenters. The van der Waals surface area contributed by atoms with Crippen LogP contribution in [0.2, 0.25) is 0 Å². The summed E-state index contributed by atoms with van der Waals surface area (Å²) in [6, 6.07) is 5.47. The van der Waals surface area contributed by atoms with Crippen molar-refractivity contribution in [3.05, 3.63) is 51.4 Å². The number of carbonyl (C=O) groups excluding carboxylic acids is 1. The van der Waals surface area contributed by atoms with Crippen LogP contribution in [0.3, 0.4) is 0 Å². The Morgan fingerprint density at radius 3 is 2.59 bits per heavy atom. The van der Waals surface area contributed by atoms with Crippen molar-refractivity contribution in [2.24, 2.45) is 0 Å². The summed E-state index contributed by atoms with van der Waals surface area (Å²) >= 11 is 1.76. The van der Waals surface area contributed by atoms with Crippen molar-refractivity contribution in [3.63, 3.8) is 0 Å². The fraction of sp³-hybridized carbons (Fsp3) is 0.429. The van der Waals surface area contributed by atoms with Gasteiger partial charge in [-0.1, -0.05) is 0 Å². The highest BCUT2D eigenvalue weighted by Gasteiger charge is 2.28. The van der Waals surface area contributed by atoms with Crippen LogP contribution in [0.5, 0.6) is 0 Å². The molecule has 0 saturated carbocycles. The lowest BCUT2D eigenvalue weighted by Gasteiger charge is -2.22. The fourth-order valence-corrected chi connectivity index (χ4v) is 4.82. The van der Waals surface area contributed by atoms with E-state index in [1.165, 1.54) is 0 Å². The molecule has 1 N–H and O–H groups in total. The van der Waals surface area contributed by atoms with Gasteiger partial charge in [-0.2, -0.15) is 0 Å². The molecule has 2 heterocycles. The highest BCUT2D eigenvalue weighted by molar-refractivity contribution is 8.00. The van der Waals surface area contributed by atoms with Crippen molar-refractivity contribution < 1.29 is 9.53 Å². The van der Waals surface area contributed by atoms with Gasteiger partial charge in [-0.25, -0.2) is 0 Å². The van der Waals surface area contributed by atoms with Crippen LogP contribution < -0.4 is 5.56 Å². The summed E-state index contributed by atoms with van der Waals surface area (Å²) in [6.07, 6.45) is 2.78. The van der Waals surface area contributed by atoms with Crippen LogP contribution in [0.1, 0.15) is 34.8 Å². The van der Waals surface area contributed by atoms with Gasteiger partial charge in [0, 0.05) is 48.2 Å². The topological polar surface area (TPSA) is 62.4 Å². The van der Waals surface area contributed by atoms with Gasteiger partial charge in [0.25, 0.3) is 11.5 Å². The van der Waals surface area contributed by atoms with E-state index < -0.39 is 0 Å². The maximum atomic E-state index is 12.8. The van der Waals surface area contributed by atoms with E-state index in [9.17, 15) is 9.59 Å². The quantitative estimate of drug-likeness (QED) is 0.872. The standard InChI is InChI=1S/C21H26N2O3S/c1-12-16(15-7-6-9-22-20(15)24)11-17(21(25)23(4)5)13(2)19(12)27-18-8-10-26-14(18)3/h6-7,9,11,14,18H,8,10H2,1-5H3,(H,22,24). The molecule has 1 amide bonds. The molecule has 1 aliphatic rings. The number of carbonyl (C=O) groups is 1. The Labute approximate surface area is 164 Å². The van der Waals surface area contributed by atoms with Crippen molar-refractivity contribution >= 4 is 17.7 Å². The van der Waals surface area contributed by atoms with E-state index in [0.717, 1.165) is 34.6 Å². The second-order valence-electron chi connectivity index (χ2n) is 7.18. The number of pyridine rings is 1. The minimum atomic E-state index is -0.152. The van der Waals surface area contributed by atoms with Crippen molar-refractivity contribution in [1.29, 1.82) is 0 Å². The van der Waals surface area contributed by atoms with Crippen LogP contribution in [-0.4, -0.2) is 47.8 Å². The normalized spacial score (nSPS) is 19.3. The van der Waals surface area contributed by atoms with E-state index in [2.05, 4.69) is 11.9 Å². The number of hydrogen-bond donors (Lipinski definition) is 1. The summed E-state index contributed by atoms with van der Waals surface area (Å²) in [5.41, 5.74) is 3.87. The monoisotopic (exact) mass is 386 g/mol. The highest BCUT2D eigenvalue weighted by atomic mass is 32.2. The Bertz CT molecular complexity index is 920. The molecule has 2 atom stereocenters. The summed E-state index contributed by atoms with van der Waals surface area (Å²) < 4.78 is 5.72. The number of rotatable bonds is 4. The van der Waals surface area contributed by atoms with Crippen LogP contribution in [-0.2, 0) is 4.74 Å². The van der Waals surface area contributed by atoms with Crippen LogP contribution in [0.25, 0.3) is 11.1 Å². The van der Waals surface area contributed by atoms with Gasteiger partial charge in [0.1, 0.15) is 0 Å². The Kier molecular flexibility index (Phi) is 5.77. The van der Waals surface area contributed by atoms with Gasteiger partial charge in [0.15, 0.2) is 0 Å². The number of ether oxygens (including phenoxy) is 1. The molecule has 1 fully saturated rings. The SMILES string of the molecule is Cc1c(C(=O)N(C)C)cc(-c2ccc[nH]c2=O)c(C)c1SC1CCOC1C. The predicted octanol–water partition coefficient (Wildman–Crippen LogP) is 3.63. The first-order valence-electron chi connectivity index (χ1n) is 9.13. The average Bonchev–Trinajstić information content (AvgIpc) is 3.04. The Hall–Kier alpha value is -2.05. The first-order chi connectivity index (χ1) is 12.8. The Balaban J connectivity index is 2.20. The Morgan fingerprint density at radius 1 is 1.26 bits per heavy atom. The molecule has 0 spiro atoms. The number of H-pyrrole nitrogens is 1. The average molecular weight is 387 g/mol. The number of hydrogen-bond acceptors (Lipinski definition) is 4. The van der Waals surface area contributed by atoms with Crippen LogP contribution in [0, 0.1) is 13.8 Å². The maximum Gasteiger partial charge on any atom is 0.255 e. The lowest BCUT2D eigenvalue weighted by molar-refractivity contribution is 0.0826. The minimum Gasteiger partial charge on any atom is -0.377 e. The van der Waals surface area contributed by atoms with E-state index in [1.807, 2.05) is 26.0 Å². The maximum absolute atomic E-state index is 12.8. The molecule has 1 aromatic carbocycles. The number of aromatic amines is 1. The first kappa shape index (κ1) is 19.7. The highest BCUT2D eigenvalue weighted by Crippen LogP contribution is 2.40. The third kappa shape index (κ3) is 3.82. The van der Waals surface area contributed by atoms with Gasteiger partial charge in [-0.3, -0.25) is 9.59 Å². The van der Waals surface area contributed by atoms with Crippen LogP contribution in [0.15, 0.2) is 34.1 Å². The number of nitrogens with one attached hydrogen (secondary N) is 1. The van der Waals surface area contributed by atoms with E-state index in [4.69, 9.17) is 4.74 Å². The van der Waals surface area contributed by atoms with Gasteiger partial charge in [-0.15, -0.1) is 11.8 Å². The predicted molar refractivity (Wildman–Crippen MR) is 110 cm³/mol. The summed E-state index contributed by atoms with van der Waals surface area (Å²) in [5.74, 6) is -0.0568. The molecule has 144 valence electrons. The molecule has 5 nitrogen and oxygen atoms in total. The smallest absolute Gasteiger partial charge is 0.255 e. The largest absolute Gasteiger partial charge is 0.377 e. The van der Waals surface area contributed by atoms with E-state index in [1.54, 1.807) is 43.0 Å². The van der Waals surface area contributed by atoms with Crippen molar-refractivity contribution in [3.8, 4) is 11.1 Å². The fourth-order valence-electron chi connectivity index (χ4n) is 3.46. The summed E-state index contributed by atoms with van der Waals surface area (Å²) in [5, 5.41) is 0.342. The van der Waals surface area contributed by atoms with Gasteiger partial charge in [0.05, 0.1) is 6.10 Å². The minimum absolute atomic E-state index is 0.0568. The lowest BCUT2D eigenvalue weighted by atomic mass is 9.95. The van der Waals surface area contributed by atoms with Crippen molar-refractivity contribution in [2.45, 2.75) is 43.4 Å². The van der Waals surface area contributed by atoms with E-state index in [-0.39, 0.29) is 17.6 Å². The molecule has 0 radical (unpaired) electrons. The lowest BCUT2D eigenvalue weighted by Crippen LogP contribution is -2.23. The van der Waals surface area contributed by atoms with Crippen LogP contribution >= 0.6 is 11.8 Å². The van der Waals surface area contributed by atoms with Crippen LogP contribution in [0.4, 0.5) is 0 Å². The number of aromatic nitrogens is 1. The third-order valence-corrected chi connectivity index (χ3v) is 6.87. The van der Waals surface area contributed by atoms with Gasteiger partial charge < -0.3 is 14.6 Å². The van der Waals surface area contributed by atoms with Gasteiger partial charge in [0.2, 0.25) is 0 Å². The van der Waals surface area contributed by atoms with Gasteiger partial charge >= 0.3 is 0 Å². The third-order valence-electron chi connectivity index (χ3n) is 5.10. The van der Waals surface area contributed by atoms with E-state index >= 15 is 0 Å². The second kappa shape index (κ2) is 7.90. The number of nitrogens with zero attached hydrogens (tertiary/aromatic N) is 1. The molecule has 1 aliphatic heterocycles. The molecular weight excluding hydrogens is 360 g/mol. The molecule has 1 aromatic heterocycles. The summed E-state index contributed by atoms with van der Waals surface area (Å²) in [6.45, 7) is 6.87. The first-order valence-corrected chi connectivity index (χ1v) is 10.0. The number of benzene rings is 1. The number of thioether (sulfide) groups is 1. The molecular formula is C21H26N2O3S. The molecule has 2 aromatic rings. The molecule has 6 heteroatoms. The molecule has 0 bridgehead atoms. The zero-order valence-electron chi connectivity index (χ0n) is 16.5. The summed E-state index contributed by atoms with van der Waals surface area (Å²) in [7, 11) is 3.49. The molecule has 0 aliphatic carbocycles. The van der Waals surface area contributed by atoms with Gasteiger partial charge in [-0.05, 0) is 62.1 Å².